The van der Waals surface area contributed by atoms with Crippen molar-refractivity contribution in [1.82, 2.24) is 10.6 Å². The van der Waals surface area contributed by atoms with Gasteiger partial charge >= 0.3 is 0 Å². The second kappa shape index (κ2) is 10.8. The molecule has 1 heterocycles. The Bertz CT molecular complexity index is 584. The topological polar surface area (TPSA) is 49.6 Å². The molecule has 0 amide bonds. The van der Waals surface area contributed by atoms with E-state index in [1.165, 1.54) is 5.56 Å². The normalized spacial score (nSPS) is 12.8. The zero-order valence-corrected chi connectivity index (χ0v) is 15.3. The van der Waals surface area contributed by atoms with E-state index in [1.54, 1.807) is 6.26 Å². The van der Waals surface area contributed by atoms with Gasteiger partial charge in [0.2, 0.25) is 0 Å². The van der Waals surface area contributed by atoms with Crippen LogP contribution < -0.4 is 10.6 Å². The zero-order chi connectivity index (χ0) is 17.0. The Morgan fingerprint density at radius 1 is 1.08 bits per heavy atom. The number of guanidine groups is 1. The number of nitrogens with zero attached hydrogens (tertiary/aromatic N) is 1. The quantitative estimate of drug-likeness (QED) is 0.540. The molecule has 0 saturated carbocycles. The molecular weight excluding hydrogens is 318 g/mol. The highest BCUT2D eigenvalue weighted by molar-refractivity contribution is 7.99. The molecule has 1 aromatic carbocycles. The first kappa shape index (κ1) is 18.5. The minimum Gasteiger partial charge on any atom is -0.469 e. The molecule has 2 aromatic rings. The Morgan fingerprint density at radius 2 is 1.83 bits per heavy atom. The lowest BCUT2D eigenvalue weighted by Crippen LogP contribution is -2.39. The van der Waals surface area contributed by atoms with E-state index in [9.17, 15) is 0 Å². The van der Waals surface area contributed by atoms with E-state index >= 15 is 0 Å². The Balaban J connectivity index is 1.79. The number of aliphatic imine (C=N–C) groups is 1. The summed E-state index contributed by atoms with van der Waals surface area (Å²) in [4.78, 5) is 4.69. The van der Waals surface area contributed by atoms with Gasteiger partial charge in [-0.15, -0.1) is 0 Å². The number of benzene rings is 1. The molecule has 2 N–H and O–H groups in total. The molecule has 2 rings (SSSR count). The Morgan fingerprint density at radius 3 is 2.50 bits per heavy atom. The van der Waals surface area contributed by atoms with E-state index in [2.05, 4.69) is 53.1 Å². The molecular formula is C19H27N3OS. The van der Waals surface area contributed by atoms with E-state index in [1.807, 2.05) is 30.0 Å². The number of furan rings is 1. The lowest BCUT2D eigenvalue weighted by Gasteiger charge is -2.13. The molecule has 0 radical (unpaired) electrons. The summed E-state index contributed by atoms with van der Waals surface area (Å²) in [5.41, 5.74) is 1.33. The smallest absolute Gasteiger partial charge is 0.191 e. The second-order valence-electron chi connectivity index (χ2n) is 5.65. The van der Waals surface area contributed by atoms with Crippen molar-refractivity contribution in [3.8, 4) is 0 Å². The van der Waals surface area contributed by atoms with Crippen LogP contribution in [0.3, 0.4) is 0 Å². The fraction of sp³-hybridized carbons (Fsp3) is 0.421. The fourth-order valence-corrected chi connectivity index (χ4v) is 2.42. The van der Waals surface area contributed by atoms with Crippen LogP contribution in [0.25, 0.3) is 0 Å². The molecule has 0 fully saturated rings. The lowest BCUT2D eigenvalue weighted by molar-refractivity contribution is 0.506. The number of nitrogens with one attached hydrogen (secondary N) is 2. The third-order valence-electron chi connectivity index (χ3n) is 3.70. The Kier molecular flexibility index (Phi) is 8.32. The largest absolute Gasteiger partial charge is 0.469 e. The van der Waals surface area contributed by atoms with Gasteiger partial charge in [0, 0.05) is 24.8 Å². The number of hydrogen-bond acceptors (Lipinski definition) is 3. The summed E-state index contributed by atoms with van der Waals surface area (Å²) in [6.07, 6.45) is 5.66. The van der Waals surface area contributed by atoms with Gasteiger partial charge in [-0.3, -0.25) is 4.99 Å². The SMILES string of the molecule is CSC(C)CN=C(NCCc1ccccc1)NCCc1ccco1. The highest BCUT2D eigenvalue weighted by Gasteiger charge is 2.03. The number of thioether (sulfide) groups is 1. The van der Waals surface area contributed by atoms with Crippen molar-refractivity contribution in [1.29, 1.82) is 0 Å². The van der Waals surface area contributed by atoms with Gasteiger partial charge in [-0.25, -0.2) is 0 Å². The van der Waals surface area contributed by atoms with Crippen molar-refractivity contribution in [2.45, 2.75) is 25.0 Å². The first-order valence-corrected chi connectivity index (χ1v) is 9.68. The molecule has 4 nitrogen and oxygen atoms in total. The van der Waals surface area contributed by atoms with Crippen LogP contribution in [0.4, 0.5) is 0 Å². The van der Waals surface area contributed by atoms with Gasteiger partial charge in [0.05, 0.1) is 12.8 Å². The summed E-state index contributed by atoms with van der Waals surface area (Å²) in [5.74, 6) is 1.86. The van der Waals surface area contributed by atoms with Crippen LogP contribution in [-0.2, 0) is 12.8 Å². The predicted molar refractivity (Wildman–Crippen MR) is 104 cm³/mol. The van der Waals surface area contributed by atoms with Crippen LogP contribution in [0, 0.1) is 0 Å². The third kappa shape index (κ3) is 7.13. The third-order valence-corrected chi connectivity index (χ3v) is 4.66. The molecule has 1 aromatic heterocycles. The summed E-state index contributed by atoms with van der Waals surface area (Å²) in [6.45, 7) is 4.67. The van der Waals surface area contributed by atoms with Crippen LogP contribution in [0.15, 0.2) is 58.1 Å². The number of hydrogen-bond donors (Lipinski definition) is 2. The van der Waals surface area contributed by atoms with E-state index in [0.29, 0.717) is 5.25 Å². The second-order valence-corrected chi connectivity index (χ2v) is 6.93. The summed E-state index contributed by atoms with van der Waals surface area (Å²) in [7, 11) is 0. The molecule has 130 valence electrons. The average Bonchev–Trinajstić information content (AvgIpc) is 3.13. The van der Waals surface area contributed by atoms with E-state index in [0.717, 1.165) is 44.2 Å². The zero-order valence-electron chi connectivity index (χ0n) is 14.5. The molecule has 0 aliphatic heterocycles. The van der Waals surface area contributed by atoms with Crippen LogP contribution in [0.5, 0.6) is 0 Å². The summed E-state index contributed by atoms with van der Waals surface area (Å²) in [6, 6.07) is 14.4. The Hall–Kier alpha value is -1.88. The van der Waals surface area contributed by atoms with Crippen molar-refractivity contribution >= 4 is 17.7 Å². The van der Waals surface area contributed by atoms with Crippen LogP contribution in [0.2, 0.25) is 0 Å². The van der Waals surface area contributed by atoms with Gasteiger partial charge in [-0.2, -0.15) is 11.8 Å². The Labute approximate surface area is 149 Å². The standard InChI is InChI=1S/C19H27N3OS/c1-16(24-2)15-22-19(21-13-11-18-9-6-14-23-18)20-12-10-17-7-4-3-5-8-17/h3-9,14,16H,10-13,15H2,1-2H3,(H2,20,21,22). The van der Waals surface area contributed by atoms with Gasteiger partial charge in [-0.1, -0.05) is 37.3 Å². The fourth-order valence-electron chi connectivity index (χ4n) is 2.20. The molecule has 24 heavy (non-hydrogen) atoms. The van der Waals surface area contributed by atoms with Gasteiger partial charge in [0.25, 0.3) is 0 Å². The summed E-state index contributed by atoms with van der Waals surface area (Å²) < 4.78 is 5.37. The minimum absolute atomic E-state index is 0.516. The van der Waals surface area contributed by atoms with Crippen molar-refractivity contribution in [2.24, 2.45) is 4.99 Å². The van der Waals surface area contributed by atoms with Crippen molar-refractivity contribution < 1.29 is 4.42 Å². The monoisotopic (exact) mass is 345 g/mol. The highest BCUT2D eigenvalue weighted by Crippen LogP contribution is 2.04. The van der Waals surface area contributed by atoms with Crippen LogP contribution in [-0.4, -0.2) is 37.1 Å². The maximum absolute atomic E-state index is 5.37. The van der Waals surface area contributed by atoms with Gasteiger partial charge in [0.1, 0.15) is 5.76 Å². The van der Waals surface area contributed by atoms with Crippen LogP contribution in [0.1, 0.15) is 18.2 Å². The van der Waals surface area contributed by atoms with Gasteiger partial charge in [-0.05, 0) is 30.4 Å². The van der Waals surface area contributed by atoms with Gasteiger partial charge < -0.3 is 15.1 Å². The van der Waals surface area contributed by atoms with E-state index in [-0.39, 0.29) is 0 Å². The maximum atomic E-state index is 5.37. The molecule has 1 unspecified atom stereocenters. The molecule has 5 heteroatoms. The molecule has 0 bridgehead atoms. The first-order valence-electron chi connectivity index (χ1n) is 8.39. The minimum atomic E-state index is 0.516. The highest BCUT2D eigenvalue weighted by atomic mass is 32.2. The molecule has 0 aliphatic carbocycles. The predicted octanol–water partition coefficient (Wildman–Crippen LogP) is 3.35. The first-order chi connectivity index (χ1) is 11.8. The van der Waals surface area contributed by atoms with E-state index < -0.39 is 0 Å². The molecule has 1 atom stereocenters. The molecule has 0 aliphatic rings. The summed E-state index contributed by atoms with van der Waals surface area (Å²) >= 11 is 1.83. The molecule has 0 spiro atoms. The number of rotatable bonds is 9. The van der Waals surface area contributed by atoms with Crippen LogP contribution >= 0.6 is 11.8 Å². The van der Waals surface area contributed by atoms with Crippen molar-refractivity contribution in [3.63, 3.8) is 0 Å². The van der Waals surface area contributed by atoms with Gasteiger partial charge in [0.15, 0.2) is 5.96 Å². The lowest BCUT2D eigenvalue weighted by atomic mass is 10.1. The summed E-state index contributed by atoms with van der Waals surface area (Å²) in [5, 5.41) is 7.34. The van der Waals surface area contributed by atoms with E-state index in [4.69, 9.17) is 4.42 Å². The maximum Gasteiger partial charge on any atom is 0.191 e. The molecule has 0 saturated heterocycles. The van der Waals surface area contributed by atoms with Crippen molar-refractivity contribution in [3.05, 3.63) is 60.1 Å². The average molecular weight is 346 g/mol. The van der Waals surface area contributed by atoms with Crippen molar-refractivity contribution in [2.75, 3.05) is 25.9 Å².